The molecule has 0 aliphatic carbocycles. The van der Waals surface area contributed by atoms with Gasteiger partial charge in [-0.1, -0.05) is 12.1 Å². The lowest BCUT2D eigenvalue weighted by molar-refractivity contribution is -0.936. The van der Waals surface area contributed by atoms with Gasteiger partial charge in [0, 0.05) is 5.56 Å². The second kappa shape index (κ2) is 5.82. The second-order valence-electron chi connectivity index (χ2n) is 4.57. The third-order valence-corrected chi connectivity index (χ3v) is 4.62. The van der Waals surface area contributed by atoms with Crippen LogP contribution in [-0.2, 0) is 16.7 Å². The van der Waals surface area contributed by atoms with E-state index in [-0.39, 0.29) is 4.90 Å². The number of hydrogen-bond donors (Lipinski definition) is 1. The molecule has 0 spiro atoms. The van der Waals surface area contributed by atoms with Gasteiger partial charge in [-0.05, 0) is 32.9 Å². The predicted molar refractivity (Wildman–Crippen MR) is 71.8 cm³/mol. The Hall–Kier alpha value is -0.910. The SMILES string of the molecule is CC[N+](CC)(CC)Cc1ccc(S(=O)(=O)O)cc1. The Morgan fingerprint density at radius 1 is 1.00 bits per heavy atom. The smallest absolute Gasteiger partial charge is 0.294 e. The van der Waals surface area contributed by atoms with Crippen molar-refractivity contribution in [2.24, 2.45) is 0 Å². The van der Waals surface area contributed by atoms with Crippen LogP contribution in [0.1, 0.15) is 26.3 Å². The molecule has 0 saturated carbocycles. The fourth-order valence-electron chi connectivity index (χ4n) is 2.16. The summed E-state index contributed by atoms with van der Waals surface area (Å²) in [6.07, 6.45) is 0. The highest BCUT2D eigenvalue weighted by Crippen LogP contribution is 2.16. The molecule has 0 bridgehead atoms. The van der Waals surface area contributed by atoms with Crippen molar-refractivity contribution in [2.45, 2.75) is 32.2 Å². The molecule has 0 atom stereocenters. The van der Waals surface area contributed by atoms with Gasteiger partial charge in [-0.2, -0.15) is 8.42 Å². The molecule has 1 aromatic carbocycles. The molecule has 0 saturated heterocycles. The molecule has 18 heavy (non-hydrogen) atoms. The maximum atomic E-state index is 10.9. The first-order valence-electron chi connectivity index (χ1n) is 6.28. The van der Waals surface area contributed by atoms with Gasteiger partial charge in [0.15, 0.2) is 0 Å². The van der Waals surface area contributed by atoms with Gasteiger partial charge in [-0.15, -0.1) is 0 Å². The van der Waals surface area contributed by atoms with Crippen molar-refractivity contribution in [3.8, 4) is 0 Å². The third kappa shape index (κ3) is 3.54. The zero-order chi connectivity index (χ0) is 13.8. The molecule has 5 heteroatoms. The Kier molecular flexibility index (Phi) is 4.90. The van der Waals surface area contributed by atoms with Crippen LogP contribution in [0.25, 0.3) is 0 Å². The van der Waals surface area contributed by atoms with Crippen LogP contribution < -0.4 is 0 Å². The van der Waals surface area contributed by atoms with Crippen LogP contribution in [0, 0.1) is 0 Å². The van der Waals surface area contributed by atoms with Crippen molar-refractivity contribution in [2.75, 3.05) is 19.6 Å². The summed E-state index contributed by atoms with van der Waals surface area (Å²) < 4.78 is 31.8. The topological polar surface area (TPSA) is 54.4 Å². The lowest BCUT2D eigenvalue weighted by Gasteiger charge is -2.35. The molecular weight excluding hydrogens is 250 g/mol. The summed E-state index contributed by atoms with van der Waals surface area (Å²) in [6.45, 7) is 10.5. The van der Waals surface area contributed by atoms with Gasteiger partial charge in [-0.25, -0.2) is 0 Å². The molecule has 0 aliphatic rings. The Morgan fingerprint density at radius 2 is 1.44 bits per heavy atom. The number of quaternary nitrogens is 1. The minimum absolute atomic E-state index is 0.0474. The van der Waals surface area contributed by atoms with Gasteiger partial charge in [0.05, 0.1) is 24.5 Å². The van der Waals surface area contributed by atoms with Crippen molar-refractivity contribution in [3.63, 3.8) is 0 Å². The van der Waals surface area contributed by atoms with Gasteiger partial charge in [-0.3, -0.25) is 4.55 Å². The summed E-state index contributed by atoms with van der Waals surface area (Å²) in [7, 11) is -4.09. The first kappa shape index (κ1) is 15.1. The molecule has 4 nitrogen and oxygen atoms in total. The molecule has 0 amide bonds. The standard InChI is InChI=1S/C13H21NO3S/c1-4-14(5-2,6-3)11-12-7-9-13(10-8-12)18(15,16)17/h7-10H,4-6,11H2,1-3H3/p+1. The summed E-state index contributed by atoms with van der Waals surface area (Å²) in [5.41, 5.74) is 1.09. The highest BCUT2D eigenvalue weighted by molar-refractivity contribution is 7.85. The van der Waals surface area contributed by atoms with Crippen LogP contribution in [0.15, 0.2) is 29.2 Å². The van der Waals surface area contributed by atoms with E-state index >= 15 is 0 Å². The minimum Gasteiger partial charge on any atom is -0.321 e. The number of benzene rings is 1. The largest absolute Gasteiger partial charge is 0.321 e. The van der Waals surface area contributed by atoms with Crippen LogP contribution in [-0.4, -0.2) is 37.1 Å². The average Bonchev–Trinajstić information content (AvgIpc) is 2.36. The summed E-state index contributed by atoms with van der Waals surface area (Å²) in [5, 5.41) is 0. The Balaban J connectivity index is 2.93. The zero-order valence-corrected chi connectivity index (χ0v) is 12.1. The lowest BCUT2D eigenvalue weighted by Crippen LogP contribution is -2.46. The van der Waals surface area contributed by atoms with E-state index in [4.69, 9.17) is 4.55 Å². The molecule has 0 aliphatic heterocycles. The van der Waals surface area contributed by atoms with E-state index in [1.807, 2.05) is 0 Å². The average molecular weight is 272 g/mol. The normalized spacial score (nSPS) is 12.7. The van der Waals surface area contributed by atoms with E-state index < -0.39 is 10.1 Å². The molecule has 0 fully saturated rings. The number of hydrogen-bond acceptors (Lipinski definition) is 2. The van der Waals surface area contributed by atoms with E-state index in [1.165, 1.54) is 12.1 Å². The fraction of sp³-hybridized carbons (Fsp3) is 0.538. The van der Waals surface area contributed by atoms with Gasteiger partial charge in [0.2, 0.25) is 0 Å². The fourth-order valence-corrected chi connectivity index (χ4v) is 2.64. The van der Waals surface area contributed by atoms with E-state index in [0.717, 1.165) is 36.2 Å². The van der Waals surface area contributed by atoms with E-state index in [9.17, 15) is 8.42 Å². The monoisotopic (exact) mass is 272 g/mol. The molecule has 1 aromatic rings. The van der Waals surface area contributed by atoms with E-state index in [0.29, 0.717) is 0 Å². The minimum atomic E-state index is -4.09. The highest BCUT2D eigenvalue weighted by Gasteiger charge is 2.21. The van der Waals surface area contributed by atoms with Crippen molar-refractivity contribution < 1.29 is 17.5 Å². The molecule has 0 unspecified atom stereocenters. The highest BCUT2D eigenvalue weighted by atomic mass is 32.2. The summed E-state index contributed by atoms with van der Waals surface area (Å²) in [5.74, 6) is 0. The van der Waals surface area contributed by atoms with Crippen LogP contribution >= 0.6 is 0 Å². The predicted octanol–water partition coefficient (Wildman–Crippen LogP) is 2.31. The summed E-state index contributed by atoms with van der Waals surface area (Å²) in [6, 6.07) is 6.47. The molecule has 0 aromatic heterocycles. The quantitative estimate of drug-likeness (QED) is 0.638. The summed E-state index contributed by atoms with van der Waals surface area (Å²) >= 11 is 0. The number of nitrogens with zero attached hydrogens (tertiary/aromatic N) is 1. The molecule has 0 radical (unpaired) electrons. The van der Waals surface area contributed by atoms with E-state index in [2.05, 4.69) is 20.8 Å². The van der Waals surface area contributed by atoms with Gasteiger partial charge in [0.1, 0.15) is 6.54 Å². The molecule has 1 N–H and O–H groups in total. The number of rotatable bonds is 6. The van der Waals surface area contributed by atoms with Crippen LogP contribution in [0.2, 0.25) is 0 Å². The van der Waals surface area contributed by atoms with Crippen LogP contribution in [0.4, 0.5) is 0 Å². The maximum absolute atomic E-state index is 10.9. The Labute approximate surface area is 110 Å². The van der Waals surface area contributed by atoms with Gasteiger partial charge in [0.25, 0.3) is 10.1 Å². The van der Waals surface area contributed by atoms with Crippen LogP contribution in [0.3, 0.4) is 0 Å². The molecule has 102 valence electrons. The van der Waals surface area contributed by atoms with Crippen molar-refractivity contribution in [1.82, 2.24) is 0 Å². The third-order valence-electron chi connectivity index (χ3n) is 3.75. The molecular formula is C13H22NO3S+. The summed E-state index contributed by atoms with van der Waals surface area (Å²) in [4.78, 5) is -0.0474. The van der Waals surface area contributed by atoms with Crippen molar-refractivity contribution >= 4 is 10.1 Å². The van der Waals surface area contributed by atoms with E-state index in [1.54, 1.807) is 12.1 Å². The lowest BCUT2D eigenvalue weighted by atomic mass is 10.2. The van der Waals surface area contributed by atoms with Gasteiger partial charge < -0.3 is 4.48 Å². The first-order valence-corrected chi connectivity index (χ1v) is 7.72. The zero-order valence-electron chi connectivity index (χ0n) is 11.3. The Morgan fingerprint density at radius 3 is 1.78 bits per heavy atom. The first-order chi connectivity index (χ1) is 8.37. The van der Waals surface area contributed by atoms with Crippen molar-refractivity contribution in [3.05, 3.63) is 29.8 Å². The maximum Gasteiger partial charge on any atom is 0.294 e. The van der Waals surface area contributed by atoms with Crippen LogP contribution in [0.5, 0.6) is 0 Å². The van der Waals surface area contributed by atoms with Gasteiger partial charge >= 0.3 is 0 Å². The second-order valence-corrected chi connectivity index (χ2v) is 5.99. The molecule has 0 heterocycles. The Bertz CT molecular complexity index is 467. The van der Waals surface area contributed by atoms with Crippen molar-refractivity contribution in [1.29, 1.82) is 0 Å². The molecule has 1 rings (SSSR count).